The molecule has 0 radical (unpaired) electrons. The van der Waals surface area contributed by atoms with Gasteiger partial charge in [-0.2, -0.15) is 0 Å². The fourth-order valence-corrected chi connectivity index (χ4v) is 4.15. The van der Waals surface area contributed by atoms with Crippen LogP contribution in [0.3, 0.4) is 0 Å². The van der Waals surface area contributed by atoms with E-state index in [1.807, 2.05) is 6.92 Å². The van der Waals surface area contributed by atoms with Gasteiger partial charge in [0.1, 0.15) is 5.00 Å². The van der Waals surface area contributed by atoms with Crippen molar-refractivity contribution in [3.05, 3.63) is 16.0 Å². The summed E-state index contributed by atoms with van der Waals surface area (Å²) in [7, 11) is 0. The van der Waals surface area contributed by atoms with Crippen LogP contribution in [0.15, 0.2) is 0 Å². The van der Waals surface area contributed by atoms with Crippen molar-refractivity contribution in [2.75, 3.05) is 5.32 Å². The number of rotatable bonds is 5. The SMILES string of the molecule is CCCC(=O)Nc1sc2c(c1C(N)=O)CC[C@H](CC)C2. The van der Waals surface area contributed by atoms with Crippen LogP contribution in [0.5, 0.6) is 0 Å². The molecule has 20 heavy (non-hydrogen) atoms. The Kier molecular flexibility index (Phi) is 4.81. The summed E-state index contributed by atoms with van der Waals surface area (Å²) in [6.07, 6.45) is 5.41. The third kappa shape index (κ3) is 3.03. The molecule has 2 amide bonds. The first-order valence-electron chi connectivity index (χ1n) is 7.30. The van der Waals surface area contributed by atoms with Gasteiger partial charge in [0.2, 0.25) is 5.91 Å². The standard InChI is InChI=1S/C15H22N2O2S/c1-3-5-12(18)17-15-13(14(16)19)10-7-6-9(4-2)8-11(10)20-15/h9H,3-8H2,1-2H3,(H2,16,19)(H,17,18)/t9-/m0/s1. The molecule has 0 fully saturated rings. The van der Waals surface area contributed by atoms with Gasteiger partial charge in [-0.1, -0.05) is 20.3 Å². The first-order valence-corrected chi connectivity index (χ1v) is 8.12. The summed E-state index contributed by atoms with van der Waals surface area (Å²) in [6, 6.07) is 0. The number of nitrogens with one attached hydrogen (secondary N) is 1. The van der Waals surface area contributed by atoms with Gasteiger partial charge < -0.3 is 11.1 Å². The van der Waals surface area contributed by atoms with Crippen LogP contribution in [0, 0.1) is 5.92 Å². The Morgan fingerprint density at radius 3 is 2.75 bits per heavy atom. The highest BCUT2D eigenvalue weighted by molar-refractivity contribution is 7.17. The Labute approximate surface area is 123 Å². The van der Waals surface area contributed by atoms with Crippen molar-refractivity contribution in [3.8, 4) is 0 Å². The van der Waals surface area contributed by atoms with Crippen LogP contribution >= 0.6 is 11.3 Å². The number of fused-ring (bicyclic) bond motifs is 1. The maximum absolute atomic E-state index is 11.8. The molecule has 0 saturated heterocycles. The van der Waals surface area contributed by atoms with Gasteiger partial charge in [-0.3, -0.25) is 9.59 Å². The minimum atomic E-state index is -0.427. The van der Waals surface area contributed by atoms with E-state index in [1.54, 1.807) is 0 Å². The number of primary amides is 1. The molecule has 1 atom stereocenters. The third-order valence-electron chi connectivity index (χ3n) is 3.92. The molecule has 2 rings (SSSR count). The number of anilines is 1. The van der Waals surface area contributed by atoms with E-state index in [0.717, 1.165) is 37.7 Å². The summed E-state index contributed by atoms with van der Waals surface area (Å²) in [4.78, 5) is 24.7. The summed E-state index contributed by atoms with van der Waals surface area (Å²) >= 11 is 1.53. The van der Waals surface area contributed by atoms with Gasteiger partial charge in [0.25, 0.3) is 5.91 Å². The first kappa shape index (κ1) is 15.0. The van der Waals surface area contributed by atoms with E-state index >= 15 is 0 Å². The fraction of sp³-hybridized carbons (Fsp3) is 0.600. The summed E-state index contributed by atoms with van der Waals surface area (Å²) in [5.74, 6) is 0.214. The molecule has 1 aliphatic rings. The molecular formula is C15H22N2O2S. The number of thiophene rings is 1. The number of carbonyl (C=O) groups excluding carboxylic acids is 2. The quantitative estimate of drug-likeness (QED) is 0.876. The molecular weight excluding hydrogens is 272 g/mol. The average Bonchev–Trinajstić information content (AvgIpc) is 2.75. The number of nitrogens with two attached hydrogens (primary N) is 1. The molecule has 1 heterocycles. The zero-order valence-electron chi connectivity index (χ0n) is 12.1. The zero-order chi connectivity index (χ0) is 14.7. The average molecular weight is 294 g/mol. The molecule has 4 nitrogen and oxygen atoms in total. The van der Waals surface area contributed by atoms with Gasteiger partial charge in [0.05, 0.1) is 5.56 Å². The van der Waals surface area contributed by atoms with E-state index < -0.39 is 5.91 Å². The monoisotopic (exact) mass is 294 g/mol. The van der Waals surface area contributed by atoms with Gasteiger partial charge in [0.15, 0.2) is 0 Å². The molecule has 0 spiro atoms. The lowest BCUT2D eigenvalue weighted by molar-refractivity contribution is -0.116. The Bertz CT molecular complexity index is 522. The highest BCUT2D eigenvalue weighted by Crippen LogP contribution is 2.40. The van der Waals surface area contributed by atoms with Crippen molar-refractivity contribution in [1.82, 2.24) is 0 Å². The Morgan fingerprint density at radius 1 is 1.40 bits per heavy atom. The molecule has 5 heteroatoms. The smallest absolute Gasteiger partial charge is 0.251 e. The second-order valence-electron chi connectivity index (χ2n) is 5.39. The van der Waals surface area contributed by atoms with E-state index in [4.69, 9.17) is 5.73 Å². The van der Waals surface area contributed by atoms with Gasteiger partial charge in [-0.05, 0) is 37.2 Å². The second-order valence-corrected chi connectivity index (χ2v) is 6.49. The highest BCUT2D eigenvalue weighted by atomic mass is 32.1. The number of hydrogen-bond acceptors (Lipinski definition) is 3. The van der Waals surface area contributed by atoms with Crippen LogP contribution < -0.4 is 11.1 Å². The maximum Gasteiger partial charge on any atom is 0.251 e. The molecule has 0 aliphatic heterocycles. The summed E-state index contributed by atoms with van der Waals surface area (Å²) in [5.41, 5.74) is 7.13. The predicted octanol–water partition coefficient (Wildman–Crippen LogP) is 3.10. The van der Waals surface area contributed by atoms with Crippen LogP contribution in [-0.2, 0) is 17.6 Å². The lowest BCUT2D eigenvalue weighted by Crippen LogP contribution is -2.19. The predicted molar refractivity (Wildman–Crippen MR) is 82.2 cm³/mol. The normalized spacial score (nSPS) is 17.6. The number of amides is 2. The lowest BCUT2D eigenvalue weighted by atomic mass is 9.85. The Balaban J connectivity index is 2.30. The molecule has 110 valence electrons. The number of hydrogen-bond donors (Lipinski definition) is 2. The second kappa shape index (κ2) is 6.39. The van der Waals surface area contributed by atoms with Gasteiger partial charge in [0, 0.05) is 11.3 Å². The van der Waals surface area contributed by atoms with E-state index in [-0.39, 0.29) is 5.91 Å². The largest absolute Gasteiger partial charge is 0.365 e. The summed E-state index contributed by atoms with van der Waals surface area (Å²) in [6.45, 7) is 4.15. The number of carbonyl (C=O) groups is 2. The van der Waals surface area contributed by atoms with E-state index in [0.29, 0.717) is 22.9 Å². The van der Waals surface area contributed by atoms with Crippen LogP contribution in [-0.4, -0.2) is 11.8 Å². The van der Waals surface area contributed by atoms with Crippen molar-refractivity contribution >= 4 is 28.2 Å². The van der Waals surface area contributed by atoms with Crippen LogP contribution in [0.2, 0.25) is 0 Å². The molecule has 1 aromatic rings. The summed E-state index contributed by atoms with van der Waals surface area (Å²) < 4.78 is 0. The Morgan fingerprint density at radius 2 is 2.15 bits per heavy atom. The van der Waals surface area contributed by atoms with E-state index in [1.165, 1.54) is 16.2 Å². The molecule has 1 aromatic heterocycles. The van der Waals surface area contributed by atoms with Crippen molar-refractivity contribution < 1.29 is 9.59 Å². The van der Waals surface area contributed by atoms with Crippen molar-refractivity contribution in [1.29, 1.82) is 0 Å². The Hall–Kier alpha value is -1.36. The van der Waals surface area contributed by atoms with Crippen molar-refractivity contribution in [2.24, 2.45) is 11.7 Å². The van der Waals surface area contributed by atoms with Gasteiger partial charge >= 0.3 is 0 Å². The maximum atomic E-state index is 11.8. The molecule has 0 saturated carbocycles. The molecule has 0 bridgehead atoms. The van der Waals surface area contributed by atoms with Crippen molar-refractivity contribution in [3.63, 3.8) is 0 Å². The third-order valence-corrected chi connectivity index (χ3v) is 5.09. The molecule has 0 unspecified atom stereocenters. The van der Waals surface area contributed by atoms with Crippen LogP contribution in [0.4, 0.5) is 5.00 Å². The van der Waals surface area contributed by atoms with E-state index in [2.05, 4.69) is 12.2 Å². The van der Waals surface area contributed by atoms with Crippen LogP contribution in [0.25, 0.3) is 0 Å². The highest BCUT2D eigenvalue weighted by Gasteiger charge is 2.27. The first-order chi connectivity index (χ1) is 9.56. The van der Waals surface area contributed by atoms with Crippen molar-refractivity contribution in [2.45, 2.75) is 52.4 Å². The lowest BCUT2D eigenvalue weighted by Gasteiger charge is -2.20. The fourth-order valence-electron chi connectivity index (χ4n) is 2.77. The summed E-state index contributed by atoms with van der Waals surface area (Å²) in [5, 5.41) is 3.51. The molecule has 3 N–H and O–H groups in total. The van der Waals surface area contributed by atoms with Gasteiger partial charge in [-0.25, -0.2) is 0 Å². The van der Waals surface area contributed by atoms with Gasteiger partial charge in [-0.15, -0.1) is 11.3 Å². The zero-order valence-corrected chi connectivity index (χ0v) is 12.9. The molecule has 1 aliphatic carbocycles. The minimum Gasteiger partial charge on any atom is -0.365 e. The van der Waals surface area contributed by atoms with Crippen LogP contribution in [0.1, 0.15) is 60.3 Å². The van der Waals surface area contributed by atoms with E-state index in [9.17, 15) is 9.59 Å². The topological polar surface area (TPSA) is 72.2 Å². The molecule has 0 aromatic carbocycles. The minimum absolute atomic E-state index is 0.0411.